The molecule has 0 unspecified atom stereocenters. The lowest BCUT2D eigenvalue weighted by molar-refractivity contribution is 0.112. The first kappa shape index (κ1) is 14.8. The van der Waals surface area contributed by atoms with Gasteiger partial charge in [-0.25, -0.2) is 4.98 Å². The molecular weight excluding hydrogens is 321 g/mol. The van der Waals surface area contributed by atoms with E-state index >= 15 is 0 Å². The van der Waals surface area contributed by atoms with Gasteiger partial charge in [0.05, 0.1) is 28.4 Å². The van der Waals surface area contributed by atoms with Crippen LogP contribution < -0.4 is 4.74 Å². The maximum absolute atomic E-state index is 11.4. The summed E-state index contributed by atoms with van der Waals surface area (Å²) in [6.07, 6.45) is 0.810. The monoisotopic (exact) mass is 331 g/mol. The van der Waals surface area contributed by atoms with Crippen LogP contribution in [0.5, 0.6) is 5.75 Å². The van der Waals surface area contributed by atoms with Gasteiger partial charge < -0.3 is 4.74 Å². The second-order valence-corrected chi connectivity index (χ2v) is 5.54. The van der Waals surface area contributed by atoms with E-state index in [1.807, 2.05) is 18.2 Å². The number of hydrogen-bond donors (Lipinski definition) is 0. The molecule has 0 fully saturated rings. The molecule has 22 heavy (non-hydrogen) atoms. The Labute approximate surface area is 137 Å². The average molecular weight is 332 g/mol. The lowest BCUT2D eigenvalue weighted by atomic mass is 10.0. The van der Waals surface area contributed by atoms with Crippen molar-refractivity contribution in [1.29, 1.82) is 0 Å². The van der Waals surface area contributed by atoms with E-state index < -0.39 is 0 Å². The highest BCUT2D eigenvalue weighted by Crippen LogP contribution is 2.30. The molecule has 0 aliphatic carbocycles. The first-order valence-corrected chi connectivity index (χ1v) is 7.27. The van der Waals surface area contributed by atoms with Crippen LogP contribution in [0.2, 0.25) is 10.0 Å². The molecule has 0 N–H and O–H groups in total. The summed E-state index contributed by atoms with van der Waals surface area (Å²) in [6, 6.07) is 12.4. The molecule has 0 radical (unpaired) electrons. The molecule has 0 amide bonds. The van der Waals surface area contributed by atoms with Crippen LogP contribution in [0.1, 0.15) is 10.4 Å². The smallest absolute Gasteiger partial charge is 0.150 e. The Morgan fingerprint density at radius 1 is 1.05 bits per heavy atom. The first-order valence-electron chi connectivity index (χ1n) is 6.52. The third-order valence-corrected chi connectivity index (χ3v) is 4.13. The van der Waals surface area contributed by atoms with Crippen LogP contribution in [0.4, 0.5) is 0 Å². The van der Waals surface area contributed by atoms with E-state index in [-0.39, 0.29) is 0 Å². The minimum atomic E-state index is 0.448. The van der Waals surface area contributed by atoms with Gasteiger partial charge in [-0.1, -0.05) is 29.3 Å². The van der Waals surface area contributed by atoms with Gasteiger partial charge in [-0.3, -0.25) is 4.79 Å². The molecule has 3 aromatic rings. The van der Waals surface area contributed by atoms with Crippen LogP contribution in [0, 0.1) is 0 Å². The molecule has 1 heterocycles. The molecule has 0 aliphatic rings. The van der Waals surface area contributed by atoms with E-state index in [0.29, 0.717) is 32.6 Å². The van der Waals surface area contributed by atoms with E-state index in [1.54, 1.807) is 31.4 Å². The van der Waals surface area contributed by atoms with Crippen molar-refractivity contribution in [1.82, 2.24) is 4.98 Å². The molecule has 0 aliphatic heterocycles. The Morgan fingerprint density at radius 3 is 2.55 bits per heavy atom. The SMILES string of the molecule is COc1ccc2nc(-c3ccc(Cl)c(Cl)c3)cc(C=O)c2c1. The van der Waals surface area contributed by atoms with Gasteiger partial charge in [0.1, 0.15) is 5.75 Å². The van der Waals surface area contributed by atoms with E-state index in [2.05, 4.69) is 4.98 Å². The van der Waals surface area contributed by atoms with E-state index in [0.717, 1.165) is 17.2 Å². The summed E-state index contributed by atoms with van der Waals surface area (Å²) in [5.41, 5.74) is 2.73. The van der Waals surface area contributed by atoms with Crippen LogP contribution in [0.15, 0.2) is 42.5 Å². The Bertz CT molecular complexity index is 878. The fourth-order valence-corrected chi connectivity index (χ4v) is 2.56. The highest BCUT2D eigenvalue weighted by Gasteiger charge is 2.09. The maximum atomic E-state index is 11.4. The zero-order valence-corrected chi connectivity index (χ0v) is 13.2. The molecule has 3 rings (SSSR count). The number of carbonyl (C=O) groups excluding carboxylic acids is 1. The molecule has 0 bridgehead atoms. The molecule has 110 valence electrons. The Hall–Kier alpha value is -2.10. The van der Waals surface area contributed by atoms with Crippen LogP contribution in [-0.2, 0) is 0 Å². The van der Waals surface area contributed by atoms with Crippen molar-refractivity contribution in [3.63, 3.8) is 0 Å². The normalized spacial score (nSPS) is 10.7. The molecule has 0 saturated heterocycles. The van der Waals surface area contributed by atoms with Crippen LogP contribution in [0.3, 0.4) is 0 Å². The number of halogens is 2. The predicted octanol–water partition coefficient (Wildman–Crippen LogP) is 5.03. The van der Waals surface area contributed by atoms with Crippen molar-refractivity contribution < 1.29 is 9.53 Å². The molecule has 2 aromatic carbocycles. The summed E-state index contributed by atoms with van der Waals surface area (Å²) >= 11 is 12.0. The highest BCUT2D eigenvalue weighted by atomic mass is 35.5. The molecule has 3 nitrogen and oxygen atoms in total. The van der Waals surface area contributed by atoms with Crippen molar-refractivity contribution in [2.45, 2.75) is 0 Å². The molecule has 0 atom stereocenters. The molecule has 5 heteroatoms. The number of methoxy groups -OCH3 is 1. The lowest BCUT2D eigenvalue weighted by Gasteiger charge is -2.08. The number of carbonyl (C=O) groups is 1. The van der Waals surface area contributed by atoms with Crippen LogP contribution in [-0.4, -0.2) is 18.4 Å². The number of aromatic nitrogens is 1. The standard InChI is InChI=1S/C17H11Cl2NO2/c1-22-12-3-5-16-13(8-12)11(9-21)7-17(20-16)10-2-4-14(18)15(19)6-10/h2-9H,1H3. The highest BCUT2D eigenvalue weighted by molar-refractivity contribution is 6.42. The molecule has 0 saturated carbocycles. The quantitative estimate of drug-likeness (QED) is 0.632. The fourth-order valence-electron chi connectivity index (χ4n) is 2.26. The number of pyridine rings is 1. The summed E-state index contributed by atoms with van der Waals surface area (Å²) in [5, 5.41) is 1.67. The maximum Gasteiger partial charge on any atom is 0.150 e. The van der Waals surface area contributed by atoms with Gasteiger partial charge in [0.25, 0.3) is 0 Å². The largest absolute Gasteiger partial charge is 0.497 e. The van der Waals surface area contributed by atoms with E-state index in [1.165, 1.54) is 0 Å². The van der Waals surface area contributed by atoms with Gasteiger partial charge in [0.2, 0.25) is 0 Å². The zero-order valence-electron chi connectivity index (χ0n) is 11.6. The van der Waals surface area contributed by atoms with Crippen LogP contribution in [0.25, 0.3) is 22.2 Å². The summed E-state index contributed by atoms with van der Waals surface area (Å²) < 4.78 is 5.19. The van der Waals surface area contributed by atoms with Gasteiger partial charge in [-0.05, 0) is 36.4 Å². The molecular formula is C17H11Cl2NO2. The van der Waals surface area contributed by atoms with E-state index in [9.17, 15) is 4.79 Å². The van der Waals surface area contributed by atoms with Crippen molar-refractivity contribution in [2.24, 2.45) is 0 Å². The minimum absolute atomic E-state index is 0.448. The Balaban J connectivity index is 2.23. The summed E-state index contributed by atoms with van der Waals surface area (Å²) in [5.74, 6) is 0.680. The number of ether oxygens (including phenoxy) is 1. The number of hydrogen-bond acceptors (Lipinski definition) is 3. The Kier molecular flexibility index (Phi) is 4.01. The van der Waals surface area contributed by atoms with Crippen molar-refractivity contribution >= 4 is 40.4 Å². The van der Waals surface area contributed by atoms with Gasteiger partial charge in [0, 0.05) is 16.5 Å². The minimum Gasteiger partial charge on any atom is -0.497 e. The average Bonchev–Trinajstić information content (AvgIpc) is 2.55. The molecule has 0 spiro atoms. The van der Waals surface area contributed by atoms with Gasteiger partial charge >= 0.3 is 0 Å². The fraction of sp³-hybridized carbons (Fsp3) is 0.0588. The topological polar surface area (TPSA) is 39.2 Å². The Morgan fingerprint density at radius 2 is 1.86 bits per heavy atom. The van der Waals surface area contributed by atoms with E-state index in [4.69, 9.17) is 27.9 Å². The van der Waals surface area contributed by atoms with Crippen molar-refractivity contribution in [3.05, 3.63) is 58.1 Å². The summed E-state index contributed by atoms with van der Waals surface area (Å²) in [6.45, 7) is 0. The predicted molar refractivity (Wildman–Crippen MR) is 89.1 cm³/mol. The van der Waals surface area contributed by atoms with Crippen LogP contribution >= 0.6 is 23.2 Å². The number of rotatable bonds is 3. The van der Waals surface area contributed by atoms with Gasteiger partial charge in [-0.2, -0.15) is 0 Å². The van der Waals surface area contributed by atoms with Crippen molar-refractivity contribution in [3.8, 4) is 17.0 Å². The zero-order chi connectivity index (χ0) is 15.7. The summed E-state index contributed by atoms with van der Waals surface area (Å²) in [4.78, 5) is 16.0. The third kappa shape index (κ3) is 2.65. The third-order valence-electron chi connectivity index (χ3n) is 3.39. The summed E-state index contributed by atoms with van der Waals surface area (Å²) in [7, 11) is 1.58. The van der Waals surface area contributed by atoms with Gasteiger partial charge in [0.15, 0.2) is 6.29 Å². The molecule has 1 aromatic heterocycles. The number of nitrogens with zero attached hydrogens (tertiary/aromatic N) is 1. The number of aldehydes is 1. The van der Waals surface area contributed by atoms with Crippen molar-refractivity contribution in [2.75, 3.05) is 7.11 Å². The van der Waals surface area contributed by atoms with Gasteiger partial charge in [-0.15, -0.1) is 0 Å². The first-order chi connectivity index (χ1) is 10.6. The number of fused-ring (bicyclic) bond motifs is 1. The number of benzene rings is 2. The second kappa shape index (κ2) is 5.95. The lowest BCUT2D eigenvalue weighted by Crippen LogP contribution is -1.93. The second-order valence-electron chi connectivity index (χ2n) is 4.73.